The van der Waals surface area contributed by atoms with Gasteiger partial charge in [-0.3, -0.25) is 0 Å². The van der Waals surface area contributed by atoms with Gasteiger partial charge in [-0.15, -0.1) is 0 Å². The zero-order valence-electron chi connectivity index (χ0n) is 18.8. The van der Waals surface area contributed by atoms with Gasteiger partial charge in [0, 0.05) is 24.7 Å². The molecule has 1 saturated heterocycles. The van der Waals surface area contributed by atoms with Crippen LogP contribution in [0.25, 0.3) is 0 Å². The molecule has 0 amide bonds. The van der Waals surface area contributed by atoms with Crippen molar-refractivity contribution in [3.05, 3.63) is 30.3 Å². The van der Waals surface area contributed by atoms with Gasteiger partial charge in [0.2, 0.25) is 0 Å². The van der Waals surface area contributed by atoms with E-state index >= 15 is 0 Å². The molecule has 0 spiro atoms. The van der Waals surface area contributed by atoms with E-state index in [0.717, 1.165) is 43.4 Å². The van der Waals surface area contributed by atoms with Crippen LogP contribution in [0, 0.1) is 0 Å². The number of unbranched alkanes of at least 4 members (excludes halogenated alkanes) is 3. The molecule has 1 heterocycles. The molecule has 1 N–H and O–H groups in total. The van der Waals surface area contributed by atoms with Crippen molar-refractivity contribution in [2.75, 3.05) is 26.4 Å². The molecule has 0 radical (unpaired) electrons. The smallest absolute Gasteiger partial charge is 0.137 e. The number of hydrogen-bond acceptors (Lipinski definition) is 6. The van der Waals surface area contributed by atoms with E-state index in [0.29, 0.717) is 19.8 Å². The fourth-order valence-corrected chi connectivity index (χ4v) is 4.56. The molecule has 2 rings (SSSR count). The lowest BCUT2D eigenvalue weighted by atomic mass is 9.99. The number of thioether (sulfide) groups is 1. The van der Waals surface area contributed by atoms with Gasteiger partial charge in [-0.1, -0.05) is 70.0 Å². The number of hydrogen-bond donors (Lipinski definition) is 1. The molecule has 1 fully saturated rings. The quantitative estimate of drug-likeness (QED) is 0.385. The largest absolute Gasteiger partial charge is 0.394 e. The summed E-state index contributed by atoms with van der Waals surface area (Å²) >= 11 is 1.63. The van der Waals surface area contributed by atoms with Crippen LogP contribution in [0.5, 0.6) is 0 Å². The number of ether oxygens (including phenoxy) is 4. The number of aliphatic hydroxyl groups excluding tert-OH is 1. The first kappa shape index (κ1) is 25.6. The second-order valence-corrected chi connectivity index (χ2v) is 8.90. The first-order chi connectivity index (χ1) is 14.7. The minimum atomic E-state index is -0.430. The highest BCUT2D eigenvalue weighted by molar-refractivity contribution is 7.99. The van der Waals surface area contributed by atoms with Gasteiger partial charge in [-0.2, -0.15) is 0 Å². The average Bonchev–Trinajstić information content (AvgIpc) is 2.77. The Balaban J connectivity index is 2.23. The summed E-state index contributed by atoms with van der Waals surface area (Å²) in [5.74, 6) is 0. The molecule has 1 aromatic rings. The second kappa shape index (κ2) is 15.2. The normalized spacial score (nSPS) is 26.7. The van der Waals surface area contributed by atoms with E-state index in [1.807, 2.05) is 18.2 Å². The third-order valence-corrected chi connectivity index (χ3v) is 6.35. The van der Waals surface area contributed by atoms with Gasteiger partial charge >= 0.3 is 0 Å². The Labute approximate surface area is 186 Å². The monoisotopic (exact) mass is 440 g/mol. The zero-order valence-corrected chi connectivity index (χ0v) is 19.6. The third-order valence-electron chi connectivity index (χ3n) is 5.19. The molecule has 0 aromatic heterocycles. The van der Waals surface area contributed by atoms with Crippen LogP contribution >= 0.6 is 11.8 Å². The summed E-state index contributed by atoms with van der Waals surface area (Å²) in [6, 6.07) is 10.2. The lowest BCUT2D eigenvalue weighted by Gasteiger charge is -2.45. The molecule has 1 aliphatic heterocycles. The van der Waals surface area contributed by atoms with Crippen LogP contribution in [-0.4, -0.2) is 61.4 Å². The van der Waals surface area contributed by atoms with E-state index in [9.17, 15) is 5.11 Å². The highest BCUT2D eigenvalue weighted by Crippen LogP contribution is 2.37. The summed E-state index contributed by atoms with van der Waals surface area (Å²) in [7, 11) is 0. The van der Waals surface area contributed by atoms with Crippen molar-refractivity contribution in [2.24, 2.45) is 0 Å². The molecule has 5 atom stereocenters. The maximum absolute atomic E-state index is 10.1. The summed E-state index contributed by atoms with van der Waals surface area (Å²) in [5, 5.41) is 10.1. The fraction of sp³-hybridized carbons (Fsp3) is 0.750. The molecule has 1 aromatic carbocycles. The first-order valence-corrected chi connectivity index (χ1v) is 12.5. The molecular weight excluding hydrogens is 400 g/mol. The highest BCUT2D eigenvalue weighted by atomic mass is 32.2. The van der Waals surface area contributed by atoms with E-state index in [1.165, 1.54) is 0 Å². The number of benzene rings is 1. The minimum absolute atomic E-state index is 0.0992. The average molecular weight is 441 g/mol. The molecule has 0 aliphatic carbocycles. The van der Waals surface area contributed by atoms with Gasteiger partial charge < -0.3 is 24.1 Å². The minimum Gasteiger partial charge on any atom is -0.394 e. The van der Waals surface area contributed by atoms with Gasteiger partial charge in [0.15, 0.2) is 0 Å². The molecule has 6 heteroatoms. The Hall–Kier alpha value is -0.630. The molecule has 172 valence electrons. The summed E-state index contributed by atoms with van der Waals surface area (Å²) in [6.45, 7) is 8.30. The lowest BCUT2D eigenvalue weighted by Crippen LogP contribution is -2.60. The van der Waals surface area contributed by atoms with Gasteiger partial charge in [-0.25, -0.2) is 0 Å². The summed E-state index contributed by atoms with van der Waals surface area (Å²) in [5.41, 5.74) is -0.265. The first-order valence-electron chi connectivity index (χ1n) is 11.6. The Morgan fingerprint density at radius 2 is 1.33 bits per heavy atom. The number of aliphatic hydroxyl groups is 1. The van der Waals surface area contributed by atoms with Crippen LogP contribution in [0.1, 0.15) is 59.3 Å². The molecule has 0 saturated carbocycles. The lowest BCUT2D eigenvalue weighted by molar-refractivity contribution is -0.244. The maximum Gasteiger partial charge on any atom is 0.137 e. The molecule has 2 unspecified atom stereocenters. The third kappa shape index (κ3) is 8.13. The standard InChI is InChI=1S/C24H40O5S/c1-4-7-15-26-21-20(18-25)29-24(30-19-13-11-10-12-14-19)23(28-17-9-6-3)22(21)27-16-8-5-2/h10-14,20-25H,4-9,15-18H2,1-3H3/t20?,21-,22?,23+,24+/m1/s1. The zero-order chi connectivity index (χ0) is 21.6. The predicted octanol–water partition coefficient (Wildman–Crippen LogP) is 5.05. The molecular formula is C24H40O5S. The van der Waals surface area contributed by atoms with Crippen molar-refractivity contribution in [1.82, 2.24) is 0 Å². The van der Waals surface area contributed by atoms with Crippen molar-refractivity contribution >= 4 is 11.8 Å². The van der Waals surface area contributed by atoms with Gasteiger partial charge in [0.05, 0.1) is 6.61 Å². The van der Waals surface area contributed by atoms with Crippen LogP contribution in [0.2, 0.25) is 0 Å². The molecule has 30 heavy (non-hydrogen) atoms. The summed E-state index contributed by atoms with van der Waals surface area (Å²) < 4.78 is 25.3. The summed E-state index contributed by atoms with van der Waals surface area (Å²) in [6.07, 6.45) is 4.86. The Kier molecular flexibility index (Phi) is 13.0. The maximum atomic E-state index is 10.1. The Bertz CT molecular complexity index is 544. The van der Waals surface area contributed by atoms with Crippen LogP contribution in [0.4, 0.5) is 0 Å². The van der Waals surface area contributed by atoms with E-state index in [4.69, 9.17) is 18.9 Å². The van der Waals surface area contributed by atoms with Gasteiger partial charge in [0.25, 0.3) is 0 Å². The van der Waals surface area contributed by atoms with Crippen molar-refractivity contribution in [3.63, 3.8) is 0 Å². The van der Waals surface area contributed by atoms with Crippen molar-refractivity contribution in [3.8, 4) is 0 Å². The van der Waals surface area contributed by atoms with Crippen LogP contribution < -0.4 is 0 Å². The van der Waals surface area contributed by atoms with E-state index in [1.54, 1.807) is 11.8 Å². The van der Waals surface area contributed by atoms with Crippen LogP contribution in [-0.2, 0) is 18.9 Å². The SMILES string of the molecule is CCCCOC1[C@H](OCCCC)C(CO)O[C@@H](Sc2ccccc2)[C@H]1OCCCC. The molecule has 5 nitrogen and oxygen atoms in total. The molecule has 0 bridgehead atoms. The highest BCUT2D eigenvalue weighted by Gasteiger charge is 2.48. The number of rotatable bonds is 15. The second-order valence-electron chi connectivity index (χ2n) is 7.72. The van der Waals surface area contributed by atoms with E-state index in [-0.39, 0.29) is 30.4 Å². The predicted molar refractivity (Wildman–Crippen MR) is 122 cm³/mol. The van der Waals surface area contributed by atoms with E-state index in [2.05, 4.69) is 32.9 Å². The molecule has 1 aliphatic rings. The topological polar surface area (TPSA) is 57.2 Å². The van der Waals surface area contributed by atoms with Crippen molar-refractivity contribution in [1.29, 1.82) is 0 Å². The van der Waals surface area contributed by atoms with Crippen LogP contribution in [0.15, 0.2) is 35.2 Å². The van der Waals surface area contributed by atoms with Gasteiger partial charge in [0.1, 0.15) is 29.9 Å². The summed E-state index contributed by atoms with van der Waals surface area (Å²) in [4.78, 5) is 1.11. The van der Waals surface area contributed by atoms with Crippen molar-refractivity contribution < 1.29 is 24.1 Å². The van der Waals surface area contributed by atoms with Crippen LogP contribution in [0.3, 0.4) is 0 Å². The van der Waals surface area contributed by atoms with E-state index < -0.39 is 6.10 Å². The van der Waals surface area contributed by atoms with Crippen molar-refractivity contribution in [2.45, 2.75) is 94.0 Å². The Morgan fingerprint density at radius 1 is 0.800 bits per heavy atom. The fourth-order valence-electron chi connectivity index (χ4n) is 3.41. The van der Waals surface area contributed by atoms with Gasteiger partial charge in [-0.05, 0) is 31.4 Å². The Morgan fingerprint density at radius 3 is 1.87 bits per heavy atom.